The summed E-state index contributed by atoms with van der Waals surface area (Å²) >= 11 is 6.17. The molecule has 6 heterocycles. The van der Waals surface area contributed by atoms with Gasteiger partial charge in [0.1, 0.15) is 56.7 Å². The minimum absolute atomic E-state index is 0.0337. The standard InChI is InChI=1S/C36H40F3N5O7.C25H19ClF3N3O4.C11H22N2O3/c1-18(2)29-30(19(3)12-13-40-29)43-31-22(14-24(38)27(28(31)39)26-23(37)10-9-11-25(26)50-8)32(33(34(43)46)44(48)49)42-15-20(4)41(16-21(42)17-45)35(47)51-36(5,6)7;1-11(2)21-22(12(3)8-9-30-21)31-23-13(19(26)24(25(31)33)32(34)35)10-15(28)18(20(23)29)17-14(27)6-5-7-16(17)36-4;1-8-5-12-9(7-14)6-13(8)10(15)16-11(2,3)4/h9-14,18,20-21,45H,15-17H2,1-8H3;5-11H,1-4H3;8-9,12,14H,5-7H2,1-4H3/t20-,21-;;8-,9-/m1.1/s1. The Morgan fingerprint density at radius 1 is 0.621 bits per heavy atom. The van der Waals surface area contributed by atoms with E-state index in [9.17, 15) is 48.9 Å². The molecule has 0 aliphatic carbocycles. The van der Waals surface area contributed by atoms with Crippen molar-refractivity contribution in [2.24, 2.45) is 0 Å². The lowest BCUT2D eigenvalue weighted by Crippen LogP contribution is -2.61. The van der Waals surface area contributed by atoms with Gasteiger partial charge in [-0.25, -0.2) is 35.9 Å². The van der Waals surface area contributed by atoms with Crippen LogP contribution < -0.4 is 30.8 Å². The van der Waals surface area contributed by atoms with Gasteiger partial charge in [-0.05, 0) is 141 Å². The van der Waals surface area contributed by atoms with E-state index in [-0.39, 0.29) is 72.6 Å². The van der Waals surface area contributed by atoms with Crippen LogP contribution in [0, 0.1) is 69.0 Å². The number of hydrogen-bond acceptors (Lipinski definition) is 18. The van der Waals surface area contributed by atoms with Gasteiger partial charge < -0.3 is 49.2 Å². The first-order valence-electron chi connectivity index (χ1n) is 32.7. The van der Waals surface area contributed by atoms with Crippen LogP contribution >= 0.6 is 11.6 Å². The van der Waals surface area contributed by atoms with Crippen molar-refractivity contribution < 1.29 is 74.9 Å². The first-order chi connectivity index (χ1) is 48.3. The first kappa shape index (κ1) is 78.8. The van der Waals surface area contributed by atoms with Crippen molar-refractivity contribution in [3.8, 4) is 45.1 Å². The van der Waals surface area contributed by atoms with Crippen LogP contribution in [0.5, 0.6) is 11.5 Å². The molecule has 2 amide bonds. The lowest BCUT2D eigenvalue weighted by atomic mass is 9.96. The van der Waals surface area contributed by atoms with Gasteiger partial charge in [0, 0.05) is 67.5 Å². The van der Waals surface area contributed by atoms with Crippen LogP contribution in [0.2, 0.25) is 5.02 Å². The molecule has 0 bridgehead atoms. The number of fused-ring (bicyclic) bond motifs is 2. The third-order valence-corrected chi connectivity index (χ3v) is 17.5. The number of nitrogens with one attached hydrogen (secondary N) is 1. The van der Waals surface area contributed by atoms with E-state index in [2.05, 4.69) is 15.3 Å². The average Bonchev–Trinajstić information content (AvgIpc) is 0.719. The van der Waals surface area contributed by atoms with E-state index >= 15 is 22.0 Å². The third-order valence-electron chi connectivity index (χ3n) is 17.1. The van der Waals surface area contributed by atoms with Gasteiger partial charge in [0.05, 0.1) is 99.4 Å². The number of ether oxygens (including phenoxy) is 4. The van der Waals surface area contributed by atoms with Crippen molar-refractivity contribution in [3.05, 3.63) is 176 Å². The highest BCUT2D eigenvalue weighted by Crippen LogP contribution is 2.47. The Bertz CT molecular complexity index is 4760. The fraction of sp³-hybridized carbons (Fsp3) is 0.417. The Balaban J connectivity index is 0.000000223. The largest absolute Gasteiger partial charge is 0.496 e. The number of nitro groups is 2. The molecule has 2 aliphatic rings. The van der Waals surface area contributed by atoms with Crippen LogP contribution in [0.15, 0.2) is 82.6 Å². The Hall–Kier alpha value is -9.91. The number of halogens is 7. The number of hydrogen-bond donors (Lipinski definition) is 3. The van der Waals surface area contributed by atoms with Crippen LogP contribution in [0.4, 0.5) is 53.0 Å². The lowest BCUT2D eigenvalue weighted by Gasteiger charge is -2.45. The number of methoxy groups -OCH3 is 2. The molecular formula is C72H81ClF6N10O14. The van der Waals surface area contributed by atoms with Crippen molar-refractivity contribution >= 4 is 62.7 Å². The van der Waals surface area contributed by atoms with Gasteiger partial charge in [-0.15, -0.1) is 0 Å². The smallest absolute Gasteiger partial charge is 0.410 e. The van der Waals surface area contributed by atoms with Crippen LogP contribution in [0.1, 0.15) is 117 Å². The van der Waals surface area contributed by atoms with Gasteiger partial charge >= 0.3 is 34.7 Å². The number of anilines is 1. The summed E-state index contributed by atoms with van der Waals surface area (Å²) in [6, 6.07) is 10.1. The summed E-state index contributed by atoms with van der Waals surface area (Å²) in [7, 11) is 2.41. The zero-order valence-electron chi connectivity index (χ0n) is 59.6. The van der Waals surface area contributed by atoms with E-state index in [1.54, 1.807) is 86.3 Å². The molecule has 0 radical (unpaired) electrons. The minimum Gasteiger partial charge on any atom is -0.496 e. The summed E-state index contributed by atoms with van der Waals surface area (Å²) in [6.07, 6.45) is 1.96. The van der Waals surface area contributed by atoms with Crippen molar-refractivity contribution in [3.63, 3.8) is 0 Å². The van der Waals surface area contributed by atoms with Crippen molar-refractivity contribution in [1.82, 2.24) is 34.2 Å². The summed E-state index contributed by atoms with van der Waals surface area (Å²) in [4.78, 5) is 89.0. The number of aromatic nitrogens is 4. The number of aliphatic hydroxyl groups excluding tert-OH is 2. The van der Waals surface area contributed by atoms with Gasteiger partial charge in [0.2, 0.25) is 0 Å². The van der Waals surface area contributed by atoms with Crippen LogP contribution in [0.25, 0.3) is 55.4 Å². The van der Waals surface area contributed by atoms with E-state index in [4.69, 9.17) is 35.7 Å². The zero-order valence-corrected chi connectivity index (χ0v) is 60.4. The number of aliphatic hydroxyl groups is 2. The van der Waals surface area contributed by atoms with Crippen LogP contribution in [0.3, 0.4) is 0 Å². The Morgan fingerprint density at radius 2 is 1.05 bits per heavy atom. The summed E-state index contributed by atoms with van der Waals surface area (Å²) in [5, 5.41) is 46.0. The number of benzene rings is 4. The number of carbonyl (C=O) groups is 2. The maximum absolute atomic E-state index is 17.4. The van der Waals surface area contributed by atoms with E-state index < -0.39 is 158 Å². The fourth-order valence-corrected chi connectivity index (χ4v) is 12.7. The molecule has 0 spiro atoms. The number of piperazine rings is 2. The van der Waals surface area contributed by atoms with Crippen LogP contribution in [-0.4, -0.2) is 150 Å². The highest BCUT2D eigenvalue weighted by molar-refractivity contribution is 6.37. The van der Waals surface area contributed by atoms with E-state index in [0.717, 1.165) is 33.4 Å². The topological polar surface area (TPSA) is 289 Å². The second-order valence-corrected chi connectivity index (χ2v) is 27.8. The van der Waals surface area contributed by atoms with Gasteiger partial charge in [-0.2, -0.15) is 0 Å². The predicted molar refractivity (Wildman–Crippen MR) is 376 cm³/mol. The molecule has 24 nitrogen and oxygen atoms in total. The minimum atomic E-state index is -1.39. The molecule has 10 rings (SSSR count). The SMILES string of the molecule is COc1cccc(F)c1-c1c(F)cc2c(Cl)c([N+](=O)[O-])c(=O)n(-c3c(C)ccnc3C(C)C)c2c1F.COc1cccc(F)c1-c1c(F)cc2c(N3C[C@@H](C)N(C(=O)OC(C)(C)C)C[C@@H]3CO)c([N+](=O)[O-])c(=O)n(-c3c(C)ccnc3C(C)C)c2c1F.C[C@@H]1CN[C@@H](CO)CN1C(=O)OC(C)(C)C. The lowest BCUT2D eigenvalue weighted by molar-refractivity contribution is -0.386. The van der Waals surface area contributed by atoms with Crippen molar-refractivity contribution in [2.75, 3.05) is 58.5 Å². The molecule has 8 aromatic rings. The number of carbonyl (C=O) groups excluding carboxylic acids is 2. The molecule has 2 aliphatic heterocycles. The normalized spacial score (nSPS) is 16.3. The summed E-state index contributed by atoms with van der Waals surface area (Å²) in [5.74, 6) is -8.29. The van der Waals surface area contributed by atoms with E-state index in [0.29, 0.717) is 35.6 Å². The quantitative estimate of drug-likeness (QED) is 0.0549. The second kappa shape index (κ2) is 31.4. The molecule has 31 heteroatoms. The third kappa shape index (κ3) is 15.9. The maximum Gasteiger partial charge on any atom is 0.410 e. The average molecular weight is 1460 g/mol. The molecule has 3 N–H and O–H groups in total. The molecule has 552 valence electrons. The molecule has 4 aromatic carbocycles. The van der Waals surface area contributed by atoms with Gasteiger partial charge in [-0.3, -0.25) is 48.9 Å². The maximum atomic E-state index is 17.4. The predicted octanol–water partition coefficient (Wildman–Crippen LogP) is 13.7. The highest BCUT2D eigenvalue weighted by atomic mass is 35.5. The molecule has 4 aromatic heterocycles. The summed E-state index contributed by atoms with van der Waals surface area (Å²) < 4.78 is 119. The van der Waals surface area contributed by atoms with Crippen molar-refractivity contribution in [2.45, 2.75) is 144 Å². The van der Waals surface area contributed by atoms with E-state index in [1.807, 2.05) is 27.7 Å². The molecule has 0 saturated carbocycles. The zero-order chi connectivity index (χ0) is 76.5. The molecular weight excluding hydrogens is 1380 g/mol. The summed E-state index contributed by atoms with van der Waals surface area (Å²) in [5.41, 5.74) is -8.68. The summed E-state index contributed by atoms with van der Waals surface area (Å²) in [6.45, 7) is 24.7. The first-order valence-corrected chi connectivity index (χ1v) is 33.1. The number of rotatable bonds is 13. The number of amides is 2. The van der Waals surface area contributed by atoms with Gasteiger partial charge in [0.15, 0.2) is 11.6 Å². The molecule has 103 heavy (non-hydrogen) atoms. The van der Waals surface area contributed by atoms with Crippen LogP contribution in [-0.2, 0) is 9.47 Å². The van der Waals surface area contributed by atoms with E-state index in [1.165, 1.54) is 60.7 Å². The molecule has 4 atom stereocenters. The highest BCUT2D eigenvalue weighted by Gasteiger charge is 2.43. The van der Waals surface area contributed by atoms with Gasteiger partial charge in [0.25, 0.3) is 0 Å². The monoisotopic (exact) mass is 1460 g/mol. The number of nitrogens with zero attached hydrogens (tertiary/aromatic N) is 9. The molecule has 2 saturated heterocycles. The van der Waals surface area contributed by atoms with Gasteiger partial charge in [-0.1, -0.05) is 51.4 Å². The Kier molecular flexibility index (Phi) is 24.0. The number of aryl methyl sites for hydroxylation is 2. The second-order valence-electron chi connectivity index (χ2n) is 27.4. The van der Waals surface area contributed by atoms with Crippen molar-refractivity contribution in [1.29, 1.82) is 0 Å². The molecule has 0 unspecified atom stereocenters. The fourth-order valence-electron chi connectivity index (χ4n) is 12.4. The number of pyridine rings is 4. The Labute approximate surface area is 593 Å². The molecule has 2 fully saturated rings. The Morgan fingerprint density at radius 3 is 1.46 bits per heavy atom.